The average Bonchev–Trinajstić information content (AvgIpc) is 2.81. The number of rotatable bonds is 6. The van der Waals surface area contributed by atoms with Gasteiger partial charge in [-0.25, -0.2) is 0 Å². The van der Waals surface area contributed by atoms with Crippen LogP contribution in [0, 0.1) is 0 Å². The summed E-state index contributed by atoms with van der Waals surface area (Å²) in [4.78, 5) is 10.4. The molecule has 0 radical (unpaired) electrons. The van der Waals surface area contributed by atoms with Gasteiger partial charge in [-0.2, -0.15) is 0 Å². The van der Waals surface area contributed by atoms with Crippen LogP contribution in [0.25, 0.3) is 0 Å². The van der Waals surface area contributed by atoms with E-state index in [1.54, 1.807) is 6.92 Å². The summed E-state index contributed by atoms with van der Waals surface area (Å²) in [5.41, 5.74) is 0. The summed E-state index contributed by atoms with van der Waals surface area (Å²) < 4.78 is 10.1. The summed E-state index contributed by atoms with van der Waals surface area (Å²) in [5.74, 6) is 0. The fraction of sp³-hybridized carbons (Fsp3) is 0.875. The van der Waals surface area contributed by atoms with Gasteiger partial charge < -0.3 is 19.4 Å². The molecule has 70 valence electrons. The van der Waals surface area contributed by atoms with Crippen molar-refractivity contribution in [1.29, 1.82) is 0 Å². The van der Waals surface area contributed by atoms with Crippen LogP contribution in [0.15, 0.2) is 0 Å². The first-order valence-corrected chi connectivity index (χ1v) is 4.09. The average molecular weight is 174 g/mol. The Morgan fingerprint density at radius 3 is 2.92 bits per heavy atom. The monoisotopic (exact) mass is 174 g/mol. The minimum absolute atomic E-state index is 0.189. The van der Waals surface area contributed by atoms with E-state index in [-0.39, 0.29) is 12.7 Å². The molecular formula is C8H14O4. The van der Waals surface area contributed by atoms with E-state index in [2.05, 4.69) is 0 Å². The molecule has 0 aromatic heterocycles. The highest BCUT2D eigenvalue weighted by Crippen LogP contribution is 2.16. The Labute approximate surface area is 71.5 Å². The van der Waals surface area contributed by atoms with Gasteiger partial charge in [-0.3, -0.25) is 0 Å². The third-order valence-corrected chi connectivity index (χ3v) is 1.60. The minimum Gasteiger partial charge on any atom is -0.391 e. The van der Waals surface area contributed by atoms with Crippen LogP contribution < -0.4 is 0 Å². The number of hydrogen-bond donors (Lipinski definition) is 1. The first kappa shape index (κ1) is 9.64. The number of aliphatic hydroxyl groups excluding tert-OH is 1. The third kappa shape index (κ3) is 3.80. The summed E-state index contributed by atoms with van der Waals surface area (Å²) >= 11 is 0. The second-order valence-electron chi connectivity index (χ2n) is 3.05. The highest BCUT2D eigenvalue weighted by atomic mass is 16.6. The van der Waals surface area contributed by atoms with Crippen molar-refractivity contribution in [1.82, 2.24) is 0 Å². The summed E-state index contributed by atoms with van der Waals surface area (Å²) in [7, 11) is 0. The maximum atomic E-state index is 10.4. The van der Waals surface area contributed by atoms with Crippen molar-refractivity contribution in [3.05, 3.63) is 0 Å². The Hall–Kier alpha value is -0.450. The van der Waals surface area contributed by atoms with E-state index < -0.39 is 12.2 Å². The number of aliphatic hydroxyl groups is 1. The van der Waals surface area contributed by atoms with Gasteiger partial charge in [0.15, 0.2) is 0 Å². The molecular weight excluding hydrogens is 160 g/mol. The lowest BCUT2D eigenvalue weighted by Gasteiger charge is -2.11. The van der Waals surface area contributed by atoms with Crippen LogP contribution >= 0.6 is 0 Å². The van der Waals surface area contributed by atoms with E-state index >= 15 is 0 Å². The predicted octanol–water partition coefficient (Wildman–Crippen LogP) is -0.260. The third-order valence-electron chi connectivity index (χ3n) is 1.60. The highest BCUT2D eigenvalue weighted by molar-refractivity contribution is 5.56. The van der Waals surface area contributed by atoms with Crippen LogP contribution in [0.2, 0.25) is 0 Å². The molecule has 1 heterocycles. The van der Waals surface area contributed by atoms with Crippen molar-refractivity contribution < 1.29 is 19.4 Å². The second kappa shape index (κ2) is 4.54. The normalized spacial score (nSPS) is 26.3. The first-order chi connectivity index (χ1) is 5.72. The molecule has 4 nitrogen and oxygen atoms in total. The van der Waals surface area contributed by atoms with Gasteiger partial charge in [-0.15, -0.1) is 0 Å². The molecule has 3 atom stereocenters. The van der Waals surface area contributed by atoms with Crippen LogP contribution in [-0.4, -0.2) is 42.9 Å². The largest absolute Gasteiger partial charge is 0.391 e. The molecule has 1 rings (SSSR count). The molecule has 12 heavy (non-hydrogen) atoms. The van der Waals surface area contributed by atoms with E-state index in [4.69, 9.17) is 14.6 Å². The Bertz CT molecular complexity index is 142. The quantitative estimate of drug-likeness (QED) is 0.445. The summed E-state index contributed by atoms with van der Waals surface area (Å²) in [5, 5.41) is 8.87. The van der Waals surface area contributed by atoms with E-state index in [1.807, 2.05) is 0 Å². The molecule has 0 saturated carbocycles. The van der Waals surface area contributed by atoms with Crippen molar-refractivity contribution >= 4 is 6.29 Å². The molecule has 0 bridgehead atoms. The lowest BCUT2D eigenvalue weighted by atomic mass is 10.2. The number of ether oxygens (including phenoxy) is 2. The molecule has 1 aliphatic heterocycles. The Kier molecular flexibility index (Phi) is 3.65. The van der Waals surface area contributed by atoms with Crippen molar-refractivity contribution in [2.75, 3.05) is 13.2 Å². The fourth-order valence-corrected chi connectivity index (χ4v) is 0.889. The van der Waals surface area contributed by atoms with Crippen LogP contribution in [0.5, 0.6) is 0 Å². The van der Waals surface area contributed by atoms with Gasteiger partial charge in [0.25, 0.3) is 0 Å². The summed E-state index contributed by atoms with van der Waals surface area (Å²) in [6, 6.07) is 0. The van der Waals surface area contributed by atoms with Gasteiger partial charge >= 0.3 is 0 Å². The van der Waals surface area contributed by atoms with Crippen LogP contribution in [0.1, 0.15) is 13.3 Å². The highest BCUT2D eigenvalue weighted by Gasteiger charge is 2.26. The van der Waals surface area contributed by atoms with Crippen molar-refractivity contribution in [2.24, 2.45) is 0 Å². The van der Waals surface area contributed by atoms with Gasteiger partial charge in [0.05, 0.1) is 25.4 Å². The van der Waals surface area contributed by atoms with Crippen molar-refractivity contribution in [3.8, 4) is 0 Å². The topological polar surface area (TPSA) is 59.1 Å². The molecule has 1 saturated heterocycles. The minimum atomic E-state index is -0.521. The van der Waals surface area contributed by atoms with Gasteiger partial charge in [0, 0.05) is 6.42 Å². The second-order valence-corrected chi connectivity index (χ2v) is 3.05. The molecule has 0 aromatic carbocycles. The zero-order valence-corrected chi connectivity index (χ0v) is 7.10. The number of carbonyl (C=O) groups is 1. The van der Waals surface area contributed by atoms with E-state index in [1.165, 1.54) is 0 Å². The lowest BCUT2D eigenvalue weighted by Crippen LogP contribution is -2.22. The molecule has 1 N–H and O–H groups in total. The zero-order chi connectivity index (χ0) is 8.97. The standard InChI is InChI=1S/C8H14O4/c1-6(10)4-11-7(3-9)2-8-5-12-8/h3,6-8,10H,2,4-5H2,1H3. The van der Waals surface area contributed by atoms with Gasteiger partial charge in [0.2, 0.25) is 0 Å². The smallest absolute Gasteiger partial charge is 0.148 e. The van der Waals surface area contributed by atoms with Crippen molar-refractivity contribution in [2.45, 2.75) is 31.7 Å². The molecule has 0 spiro atoms. The number of epoxide rings is 1. The molecule has 0 aromatic rings. The zero-order valence-electron chi connectivity index (χ0n) is 7.10. The van der Waals surface area contributed by atoms with Crippen LogP contribution in [0.4, 0.5) is 0 Å². The fourth-order valence-electron chi connectivity index (χ4n) is 0.889. The number of aldehydes is 1. The molecule has 1 aliphatic rings. The maximum Gasteiger partial charge on any atom is 0.148 e. The van der Waals surface area contributed by atoms with E-state index in [0.29, 0.717) is 6.42 Å². The first-order valence-electron chi connectivity index (χ1n) is 4.09. The van der Waals surface area contributed by atoms with Crippen LogP contribution in [-0.2, 0) is 14.3 Å². The van der Waals surface area contributed by atoms with Crippen LogP contribution in [0.3, 0.4) is 0 Å². The lowest BCUT2D eigenvalue weighted by molar-refractivity contribution is -0.120. The molecule has 0 aliphatic carbocycles. The van der Waals surface area contributed by atoms with Gasteiger partial charge in [-0.1, -0.05) is 0 Å². The maximum absolute atomic E-state index is 10.4. The molecule has 4 heteroatoms. The van der Waals surface area contributed by atoms with E-state index in [9.17, 15) is 4.79 Å². The Balaban J connectivity index is 2.10. The Morgan fingerprint density at radius 2 is 2.50 bits per heavy atom. The molecule has 1 fully saturated rings. The van der Waals surface area contributed by atoms with Gasteiger partial charge in [0.1, 0.15) is 12.4 Å². The van der Waals surface area contributed by atoms with E-state index in [0.717, 1.165) is 12.9 Å². The Morgan fingerprint density at radius 1 is 1.83 bits per heavy atom. The van der Waals surface area contributed by atoms with Crippen molar-refractivity contribution in [3.63, 3.8) is 0 Å². The molecule has 3 unspecified atom stereocenters. The number of carbonyl (C=O) groups excluding carboxylic acids is 1. The summed E-state index contributed by atoms with van der Waals surface area (Å²) in [6.45, 7) is 2.55. The molecule has 0 amide bonds. The predicted molar refractivity (Wildman–Crippen MR) is 41.8 cm³/mol. The van der Waals surface area contributed by atoms with Gasteiger partial charge in [-0.05, 0) is 6.92 Å². The summed E-state index contributed by atoms with van der Waals surface area (Å²) in [6.07, 6.45) is 0.606. The number of hydrogen-bond acceptors (Lipinski definition) is 4. The SMILES string of the molecule is CC(O)COC(C=O)CC1CO1.